The fourth-order valence-corrected chi connectivity index (χ4v) is 1.34. The maximum Gasteiger partial charge on any atom is 0.343 e. The van der Waals surface area contributed by atoms with Crippen LogP contribution < -0.4 is 21.5 Å². The number of nitrogens with one attached hydrogen (secondary N) is 4. The molecule has 0 saturated carbocycles. The van der Waals surface area contributed by atoms with Crippen molar-refractivity contribution in [1.82, 2.24) is 21.5 Å². The molecule has 0 aliphatic rings. The van der Waals surface area contributed by atoms with Gasteiger partial charge in [-0.05, 0) is 6.42 Å². The van der Waals surface area contributed by atoms with Crippen molar-refractivity contribution >= 4 is 29.8 Å². The Balaban J connectivity index is 4.71. The summed E-state index contributed by atoms with van der Waals surface area (Å²) in [7, 11) is 0. The van der Waals surface area contributed by atoms with Gasteiger partial charge in [-0.2, -0.15) is 0 Å². The summed E-state index contributed by atoms with van der Waals surface area (Å²) in [5.41, 5.74) is 3.40. The number of carboxylic acids is 3. The summed E-state index contributed by atoms with van der Waals surface area (Å²) in [5, 5.41) is 30.3. The van der Waals surface area contributed by atoms with E-state index in [2.05, 4.69) is 10.9 Å². The largest absolute Gasteiger partial charge is 0.481 e. The zero-order valence-corrected chi connectivity index (χ0v) is 14.0. The molecule has 12 heteroatoms. The Kier molecular flexibility index (Phi) is 8.33. The zero-order valence-electron chi connectivity index (χ0n) is 14.0. The average molecular weight is 362 g/mol. The third kappa shape index (κ3) is 9.10. The summed E-state index contributed by atoms with van der Waals surface area (Å²) >= 11 is 0. The van der Waals surface area contributed by atoms with E-state index in [4.69, 9.17) is 15.3 Å². The van der Waals surface area contributed by atoms with Gasteiger partial charge in [0.25, 0.3) is 0 Å². The monoisotopic (exact) mass is 362 g/mol. The second kappa shape index (κ2) is 9.42. The first-order valence-electron chi connectivity index (χ1n) is 7.15. The number of rotatable bonds is 9. The molecule has 3 amide bonds. The van der Waals surface area contributed by atoms with Crippen LogP contribution in [0.15, 0.2) is 0 Å². The van der Waals surface area contributed by atoms with Gasteiger partial charge in [-0.25, -0.2) is 19.8 Å². The predicted molar refractivity (Wildman–Crippen MR) is 82.1 cm³/mol. The normalized spacial score (nSPS) is 13.2. The predicted octanol–water partition coefficient (Wildman–Crippen LogP) is -1.32. The van der Waals surface area contributed by atoms with Crippen LogP contribution in [0.1, 0.15) is 33.6 Å². The highest BCUT2D eigenvalue weighted by molar-refractivity contribution is 5.86. The van der Waals surface area contributed by atoms with E-state index in [0.717, 1.165) is 0 Å². The summed E-state index contributed by atoms with van der Waals surface area (Å²) in [5.74, 6) is -4.80. The van der Waals surface area contributed by atoms with Crippen molar-refractivity contribution in [3.63, 3.8) is 0 Å². The Morgan fingerprint density at radius 3 is 1.88 bits per heavy atom. The molecular weight excluding hydrogens is 340 g/mol. The zero-order chi connectivity index (χ0) is 19.8. The minimum atomic E-state index is -1.74. The number of amides is 3. The number of carboxylic acid groups (broad SMARTS) is 3. The molecule has 2 atom stereocenters. The van der Waals surface area contributed by atoms with Crippen molar-refractivity contribution in [2.75, 3.05) is 0 Å². The molecule has 0 spiro atoms. The van der Waals surface area contributed by atoms with Crippen molar-refractivity contribution in [2.24, 2.45) is 5.41 Å². The molecule has 0 fully saturated rings. The number of urea groups is 1. The van der Waals surface area contributed by atoms with Crippen molar-refractivity contribution in [3.8, 4) is 0 Å². The molecule has 0 bridgehead atoms. The lowest BCUT2D eigenvalue weighted by atomic mass is 9.96. The van der Waals surface area contributed by atoms with E-state index in [1.54, 1.807) is 20.8 Å². The van der Waals surface area contributed by atoms with Crippen LogP contribution in [-0.4, -0.2) is 57.4 Å². The van der Waals surface area contributed by atoms with Gasteiger partial charge < -0.3 is 26.0 Å². The molecule has 0 unspecified atom stereocenters. The number of carbonyl (C=O) groups excluding carboxylic acids is 2. The van der Waals surface area contributed by atoms with E-state index in [1.807, 2.05) is 10.6 Å². The first-order valence-corrected chi connectivity index (χ1v) is 7.15. The maximum absolute atomic E-state index is 11.7. The number of aliphatic carboxylic acids is 3. The van der Waals surface area contributed by atoms with Gasteiger partial charge >= 0.3 is 23.9 Å². The smallest absolute Gasteiger partial charge is 0.343 e. The summed E-state index contributed by atoms with van der Waals surface area (Å²) < 4.78 is 0. The molecule has 0 aromatic rings. The highest BCUT2D eigenvalue weighted by atomic mass is 16.4. The van der Waals surface area contributed by atoms with Crippen molar-refractivity contribution < 1.29 is 39.3 Å². The molecule has 25 heavy (non-hydrogen) atoms. The first-order chi connectivity index (χ1) is 11.3. The van der Waals surface area contributed by atoms with Gasteiger partial charge in [0.15, 0.2) is 6.17 Å². The number of hydrazine groups is 1. The van der Waals surface area contributed by atoms with Crippen LogP contribution in [0, 0.1) is 5.41 Å². The molecule has 0 aliphatic carbocycles. The van der Waals surface area contributed by atoms with E-state index in [1.165, 1.54) is 0 Å². The summed E-state index contributed by atoms with van der Waals surface area (Å²) in [6, 6.07) is -2.68. The fraction of sp³-hybridized carbons (Fsp3) is 0.615. The summed E-state index contributed by atoms with van der Waals surface area (Å²) in [6.45, 7) is 4.75. The summed E-state index contributed by atoms with van der Waals surface area (Å²) in [6.07, 6.45) is -2.62. The SMILES string of the molecule is CC(C)(C)C(=O)NN[C@H](NC(=O)N[C@@H](CCC(=O)O)C(=O)O)C(=O)O. The van der Waals surface area contributed by atoms with Crippen LogP contribution in [0.5, 0.6) is 0 Å². The van der Waals surface area contributed by atoms with E-state index in [-0.39, 0.29) is 6.42 Å². The molecule has 0 aromatic carbocycles. The number of carbonyl (C=O) groups is 5. The molecule has 7 N–H and O–H groups in total. The molecule has 0 aromatic heterocycles. The van der Waals surface area contributed by atoms with Gasteiger partial charge in [0, 0.05) is 11.8 Å². The minimum Gasteiger partial charge on any atom is -0.481 e. The second-order valence-electron chi connectivity index (χ2n) is 6.06. The van der Waals surface area contributed by atoms with Crippen LogP contribution >= 0.6 is 0 Å². The van der Waals surface area contributed by atoms with Crippen molar-refractivity contribution in [3.05, 3.63) is 0 Å². The van der Waals surface area contributed by atoms with Crippen LogP contribution in [-0.2, 0) is 19.2 Å². The highest BCUT2D eigenvalue weighted by Gasteiger charge is 2.27. The van der Waals surface area contributed by atoms with Crippen LogP contribution in [0.25, 0.3) is 0 Å². The molecule has 0 rings (SSSR count). The average Bonchev–Trinajstić information content (AvgIpc) is 2.45. The van der Waals surface area contributed by atoms with Gasteiger partial charge in [-0.1, -0.05) is 20.8 Å². The maximum atomic E-state index is 11.7. The van der Waals surface area contributed by atoms with Crippen molar-refractivity contribution in [1.29, 1.82) is 0 Å². The van der Waals surface area contributed by atoms with Crippen LogP contribution in [0.3, 0.4) is 0 Å². The van der Waals surface area contributed by atoms with E-state index in [9.17, 15) is 24.0 Å². The first kappa shape index (κ1) is 22.1. The highest BCUT2D eigenvalue weighted by Crippen LogP contribution is 2.11. The Labute approximate surface area is 142 Å². The lowest BCUT2D eigenvalue weighted by molar-refractivity contribution is -0.142. The van der Waals surface area contributed by atoms with E-state index in [0.29, 0.717) is 0 Å². The molecule has 0 heterocycles. The number of hydrogen-bond acceptors (Lipinski definition) is 6. The van der Waals surface area contributed by atoms with E-state index < -0.39 is 53.9 Å². The quantitative estimate of drug-likeness (QED) is 0.192. The standard InChI is InChI=1S/C13H22N4O8/c1-13(2,3)11(24)17-16-8(10(22)23)15-12(25)14-6(9(20)21)4-5-7(18)19/h6,8,16H,4-5H2,1-3H3,(H,17,24)(H,18,19)(H,20,21)(H,22,23)(H2,14,15,25)/t6-,8-/m0/s1. The molecule has 0 radical (unpaired) electrons. The minimum absolute atomic E-state index is 0.385. The Morgan fingerprint density at radius 1 is 0.920 bits per heavy atom. The molecule has 12 nitrogen and oxygen atoms in total. The van der Waals surface area contributed by atoms with Gasteiger partial charge in [-0.3, -0.25) is 15.0 Å². The van der Waals surface area contributed by atoms with Gasteiger partial charge in [0.1, 0.15) is 6.04 Å². The Bertz CT molecular complexity index is 543. The Morgan fingerprint density at radius 2 is 1.48 bits per heavy atom. The molecule has 0 saturated heterocycles. The van der Waals surface area contributed by atoms with Gasteiger partial charge in [0.2, 0.25) is 5.91 Å². The molecule has 0 aliphatic heterocycles. The van der Waals surface area contributed by atoms with Gasteiger partial charge in [0.05, 0.1) is 0 Å². The Hall–Kier alpha value is -2.89. The van der Waals surface area contributed by atoms with Crippen LogP contribution in [0.2, 0.25) is 0 Å². The molecule has 142 valence electrons. The lowest BCUT2D eigenvalue weighted by Crippen LogP contribution is -2.61. The topological polar surface area (TPSA) is 194 Å². The lowest BCUT2D eigenvalue weighted by Gasteiger charge is -2.22. The van der Waals surface area contributed by atoms with E-state index >= 15 is 0 Å². The summed E-state index contributed by atoms with van der Waals surface area (Å²) in [4.78, 5) is 55.9. The fourth-order valence-electron chi connectivity index (χ4n) is 1.34. The third-order valence-electron chi connectivity index (χ3n) is 2.78. The molecular formula is C13H22N4O8. The second-order valence-corrected chi connectivity index (χ2v) is 6.06. The van der Waals surface area contributed by atoms with Gasteiger partial charge in [-0.15, -0.1) is 0 Å². The third-order valence-corrected chi connectivity index (χ3v) is 2.78. The van der Waals surface area contributed by atoms with Crippen LogP contribution in [0.4, 0.5) is 4.79 Å². The number of hydrogen-bond donors (Lipinski definition) is 7. The van der Waals surface area contributed by atoms with Crippen molar-refractivity contribution in [2.45, 2.75) is 45.8 Å².